The lowest BCUT2D eigenvalue weighted by Gasteiger charge is -2.23. The zero-order valence-electron chi connectivity index (χ0n) is 13.6. The van der Waals surface area contributed by atoms with E-state index in [1.165, 1.54) is 11.2 Å². The van der Waals surface area contributed by atoms with E-state index in [4.69, 9.17) is 4.74 Å². The van der Waals surface area contributed by atoms with E-state index in [2.05, 4.69) is 0 Å². The Morgan fingerprint density at radius 3 is 2.42 bits per heavy atom. The smallest absolute Gasteiger partial charge is 0.244 e. The van der Waals surface area contributed by atoms with Gasteiger partial charge in [-0.3, -0.25) is 4.79 Å². The predicted octanol–water partition coefficient (Wildman–Crippen LogP) is 2.92. The zero-order valence-corrected chi connectivity index (χ0v) is 14.4. The number of ether oxygens (including phenoxy) is 1. The molecule has 1 aliphatic rings. The summed E-state index contributed by atoms with van der Waals surface area (Å²) in [5, 5.41) is 0. The fraction of sp³-hybridized carbons (Fsp3) is 0.278. The molecule has 2 aromatic rings. The van der Waals surface area contributed by atoms with Crippen molar-refractivity contribution in [3.05, 3.63) is 59.7 Å². The summed E-state index contributed by atoms with van der Waals surface area (Å²) in [6.07, 6.45) is 0.173. The Morgan fingerprint density at radius 2 is 1.79 bits per heavy atom. The maximum atomic E-state index is 12.9. The van der Waals surface area contributed by atoms with Crippen LogP contribution in [0.2, 0.25) is 0 Å². The minimum atomic E-state index is -3.61. The van der Waals surface area contributed by atoms with Gasteiger partial charge in [-0.05, 0) is 36.2 Å². The van der Waals surface area contributed by atoms with Crippen molar-refractivity contribution in [2.24, 2.45) is 0 Å². The van der Waals surface area contributed by atoms with Gasteiger partial charge >= 0.3 is 0 Å². The van der Waals surface area contributed by atoms with Crippen molar-refractivity contribution in [2.45, 2.75) is 30.8 Å². The van der Waals surface area contributed by atoms with Crippen molar-refractivity contribution in [1.29, 1.82) is 0 Å². The van der Waals surface area contributed by atoms with Gasteiger partial charge in [-0.1, -0.05) is 30.3 Å². The summed E-state index contributed by atoms with van der Waals surface area (Å²) in [7, 11) is -2.02. The highest BCUT2D eigenvalue weighted by Crippen LogP contribution is 2.42. The number of Topliss-reactive ketones (excluding diaryl/α,β-unsaturated/α-hetero) is 1. The van der Waals surface area contributed by atoms with Gasteiger partial charge in [-0.25, -0.2) is 8.42 Å². The van der Waals surface area contributed by atoms with Crippen LogP contribution in [-0.4, -0.2) is 25.6 Å². The largest absolute Gasteiger partial charge is 0.497 e. The van der Waals surface area contributed by atoms with Gasteiger partial charge in [0.25, 0.3) is 0 Å². The summed E-state index contributed by atoms with van der Waals surface area (Å²) in [5.74, 6) is 0.679. The first-order valence-corrected chi connectivity index (χ1v) is 9.10. The van der Waals surface area contributed by atoms with Crippen LogP contribution < -0.4 is 4.74 Å². The highest BCUT2D eigenvalue weighted by molar-refractivity contribution is 7.89. The number of hydrogen-bond donors (Lipinski definition) is 0. The first-order valence-electron chi connectivity index (χ1n) is 7.66. The molecule has 1 aliphatic heterocycles. The molecule has 3 rings (SSSR count). The van der Waals surface area contributed by atoms with E-state index < -0.39 is 16.1 Å². The molecule has 0 bridgehead atoms. The second kappa shape index (κ2) is 6.37. The molecule has 1 atom stereocenters. The van der Waals surface area contributed by atoms with E-state index in [-0.39, 0.29) is 18.7 Å². The van der Waals surface area contributed by atoms with E-state index in [9.17, 15) is 13.2 Å². The van der Waals surface area contributed by atoms with E-state index in [1.807, 2.05) is 12.1 Å². The Balaban J connectivity index is 1.99. The van der Waals surface area contributed by atoms with E-state index in [0.29, 0.717) is 16.2 Å². The number of carbonyl (C=O) groups excluding carboxylic acids is 1. The number of fused-ring (bicyclic) bond motifs is 1. The Morgan fingerprint density at radius 1 is 1.12 bits per heavy atom. The second-order valence-corrected chi connectivity index (χ2v) is 7.72. The number of nitrogens with zero attached hydrogens (tertiary/aromatic N) is 1. The van der Waals surface area contributed by atoms with Crippen LogP contribution in [0.1, 0.15) is 30.5 Å². The fourth-order valence-electron chi connectivity index (χ4n) is 3.03. The van der Waals surface area contributed by atoms with E-state index >= 15 is 0 Å². The number of methoxy groups -OCH3 is 1. The molecule has 5 nitrogen and oxygen atoms in total. The summed E-state index contributed by atoms with van der Waals surface area (Å²) >= 11 is 0. The molecule has 0 radical (unpaired) electrons. The minimum absolute atomic E-state index is 0.0355. The molecule has 0 spiro atoms. The van der Waals surface area contributed by atoms with Gasteiger partial charge < -0.3 is 4.74 Å². The third kappa shape index (κ3) is 2.95. The van der Waals surface area contributed by atoms with Crippen LogP contribution in [0.3, 0.4) is 0 Å². The van der Waals surface area contributed by atoms with Gasteiger partial charge in [0.2, 0.25) is 10.0 Å². The molecule has 0 aromatic heterocycles. The van der Waals surface area contributed by atoms with Gasteiger partial charge in [0.1, 0.15) is 11.5 Å². The van der Waals surface area contributed by atoms with Gasteiger partial charge in [0, 0.05) is 13.0 Å². The molecule has 6 heteroatoms. The van der Waals surface area contributed by atoms with Gasteiger partial charge in [-0.2, -0.15) is 4.31 Å². The SMILES string of the molecule is COc1ccc(CN2[C@@H](CC(C)=O)c3ccccc3S2(=O)=O)cc1. The van der Waals surface area contributed by atoms with Crippen LogP contribution in [-0.2, 0) is 21.4 Å². The van der Waals surface area contributed by atoms with E-state index in [1.54, 1.807) is 43.5 Å². The number of sulfonamides is 1. The molecule has 1 heterocycles. The molecular weight excluding hydrogens is 326 g/mol. The van der Waals surface area contributed by atoms with E-state index in [0.717, 1.165) is 5.56 Å². The predicted molar refractivity (Wildman–Crippen MR) is 90.2 cm³/mol. The van der Waals surface area contributed by atoms with Crippen molar-refractivity contribution in [3.8, 4) is 5.75 Å². The third-order valence-electron chi connectivity index (χ3n) is 4.19. The van der Waals surface area contributed by atoms with Crippen LogP contribution in [0.4, 0.5) is 0 Å². The molecule has 2 aromatic carbocycles. The number of ketones is 1. The third-order valence-corrected chi connectivity index (χ3v) is 6.12. The van der Waals surface area contributed by atoms with Crippen LogP contribution in [0.25, 0.3) is 0 Å². The highest BCUT2D eigenvalue weighted by Gasteiger charge is 2.42. The summed E-state index contributed by atoms with van der Waals surface area (Å²) < 4.78 is 32.3. The first kappa shape index (κ1) is 16.7. The highest BCUT2D eigenvalue weighted by atomic mass is 32.2. The molecule has 0 saturated carbocycles. The van der Waals surface area contributed by atoms with Crippen molar-refractivity contribution in [1.82, 2.24) is 4.31 Å². The molecular formula is C18H19NO4S. The molecule has 0 N–H and O–H groups in total. The maximum absolute atomic E-state index is 12.9. The van der Waals surface area contributed by atoms with Crippen LogP contribution >= 0.6 is 0 Å². The lowest BCUT2D eigenvalue weighted by Crippen LogP contribution is -2.29. The molecule has 0 fully saturated rings. The Hall–Kier alpha value is -2.18. The summed E-state index contributed by atoms with van der Waals surface area (Å²) in [5.41, 5.74) is 1.54. The van der Waals surface area contributed by atoms with Crippen molar-refractivity contribution in [2.75, 3.05) is 7.11 Å². The molecule has 126 valence electrons. The molecule has 0 amide bonds. The Kier molecular flexibility index (Phi) is 4.43. The standard InChI is InChI=1S/C18H19NO4S/c1-13(20)11-17-16-5-3-4-6-18(16)24(21,22)19(17)12-14-7-9-15(23-2)10-8-14/h3-10,17H,11-12H2,1-2H3/t17-/m0/s1. The topological polar surface area (TPSA) is 63.7 Å². The monoisotopic (exact) mass is 345 g/mol. The molecule has 0 saturated heterocycles. The average molecular weight is 345 g/mol. The molecule has 0 unspecified atom stereocenters. The number of hydrogen-bond acceptors (Lipinski definition) is 4. The summed E-state index contributed by atoms with van der Waals surface area (Å²) in [6.45, 7) is 1.71. The second-order valence-electron chi connectivity index (χ2n) is 5.86. The van der Waals surface area contributed by atoms with Crippen molar-refractivity contribution < 1.29 is 17.9 Å². The van der Waals surface area contributed by atoms with Crippen LogP contribution in [0.15, 0.2) is 53.4 Å². The van der Waals surface area contributed by atoms with Crippen LogP contribution in [0, 0.1) is 0 Å². The van der Waals surface area contributed by atoms with Gasteiger partial charge in [0.15, 0.2) is 0 Å². The van der Waals surface area contributed by atoms with Gasteiger partial charge in [-0.15, -0.1) is 0 Å². The quantitative estimate of drug-likeness (QED) is 0.836. The normalized spacial score (nSPS) is 19.0. The first-order chi connectivity index (χ1) is 11.4. The lowest BCUT2D eigenvalue weighted by molar-refractivity contribution is -0.117. The number of rotatable bonds is 5. The summed E-state index contributed by atoms with van der Waals surface area (Å²) in [6, 6.07) is 13.7. The molecule has 0 aliphatic carbocycles. The van der Waals surface area contributed by atoms with Crippen LogP contribution in [0.5, 0.6) is 5.75 Å². The molecule has 24 heavy (non-hydrogen) atoms. The van der Waals surface area contributed by atoms with Gasteiger partial charge in [0.05, 0.1) is 18.0 Å². The Labute approximate surface area is 141 Å². The summed E-state index contributed by atoms with van der Waals surface area (Å²) in [4.78, 5) is 12.0. The lowest BCUT2D eigenvalue weighted by atomic mass is 10.0. The fourth-order valence-corrected chi connectivity index (χ4v) is 4.88. The average Bonchev–Trinajstić information content (AvgIpc) is 2.77. The minimum Gasteiger partial charge on any atom is -0.497 e. The van der Waals surface area contributed by atoms with Crippen molar-refractivity contribution >= 4 is 15.8 Å². The van der Waals surface area contributed by atoms with Crippen molar-refractivity contribution in [3.63, 3.8) is 0 Å². The number of carbonyl (C=O) groups is 1. The zero-order chi connectivity index (χ0) is 17.3. The maximum Gasteiger partial charge on any atom is 0.244 e. The Bertz CT molecular complexity index is 859. The number of benzene rings is 2.